The predicted molar refractivity (Wildman–Crippen MR) is 80.5 cm³/mol. The minimum atomic E-state index is -0.503. The molecule has 0 spiro atoms. The summed E-state index contributed by atoms with van der Waals surface area (Å²) in [6, 6.07) is 7.33. The van der Waals surface area contributed by atoms with E-state index in [1.807, 2.05) is 24.3 Å². The molecule has 0 amide bonds. The summed E-state index contributed by atoms with van der Waals surface area (Å²) < 4.78 is 10.6. The van der Waals surface area contributed by atoms with E-state index in [1.54, 1.807) is 7.11 Å². The zero-order chi connectivity index (χ0) is 14.8. The molecule has 1 aromatic carbocycles. The van der Waals surface area contributed by atoms with Crippen LogP contribution < -0.4 is 14.8 Å². The minimum absolute atomic E-state index is 0.285. The van der Waals surface area contributed by atoms with Crippen molar-refractivity contribution in [3.05, 3.63) is 24.3 Å². The number of methoxy groups -OCH3 is 1. The highest BCUT2D eigenvalue weighted by atomic mass is 16.5. The Balaban J connectivity index is 2.11. The van der Waals surface area contributed by atoms with Gasteiger partial charge in [-0.3, -0.25) is 0 Å². The molecule has 1 atom stereocenters. The third-order valence-corrected chi connectivity index (χ3v) is 2.84. The maximum absolute atomic E-state index is 9.80. The van der Waals surface area contributed by atoms with Crippen LogP contribution in [0.2, 0.25) is 0 Å². The van der Waals surface area contributed by atoms with Crippen molar-refractivity contribution >= 4 is 0 Å². The summed E-state index contributed by atoms with van der Waals surface area (Å²) in [4.78, 5) is 2.14. The van der Waals surface area contributed by atoms with Gasteiger partial charge in [-0.05, 0) is 57.9 Å². The van der Waals surface area contributed by atoms with Gasteiger partial charge in [0, 0.05) is 6.54 Å². The monoisotopic (exact) mass is 282 g/mol. The molecule has 1 rings (SSSR count). The first-order chi connectivity index (χ1) is 9.61. The van der Waals surface area contributed by atoms with Crippen molar-refractivity contribution in [3.8, 4) is 11.5 Å². The number of hydrogen-bond donors (Lipinski definition) is 2. The SMILES string of the molecule is COc1ccc(OCC(O)CNCCCN(C)C)cc1. The highest BCUT2D eigenvalue weighted by molar-refractivity contribution is 5.31. The van der Waals surface area contributed by atoms with Gasteiger partial charge in [-0.25, -0.2) is 0 Å². The summed E-state index contributed by atoms with van der Waals surface area (Å²) in [5.74, 6) is 1.53. The number of nitrogens with zero attached hydrogens (tertiary/aromatic N) is 1. The standard InChI is InChI=1S/C15H26N2O3/c1-17(2)10-4-9-16-11-13(18)12-20-15-7-5-14(19-3)6-8-15/h5-8,13,16,18H,4,9-12H2,1-3H3. The van der Waals surface area contributed by atoms with Gasteiger partial charge in [-0.1, -0.05) is 0 Å². The van der Waals surface area contributed by atoms with Crippen molar-refractivity contribution in [3.63, 3.8) is 0 Å². The van der Waals surface area contributed by atoms with Crippen LogP contribution >= 0.6 is 0 Å². The van der Waals surface area contributed by atoms with E-state index < -0.39 is 6.10 Å². The Morgan fingerprint density at radius 2 is 1.85 bits per heavy atom. The summed E-state index contributed by atoms with van der Waals surface area (Å²) in [5.41, 5.74) is 0. The lowest BCUT2D eigenvalue weighted by Gasteiger charge is -2.14. The van der Waals surface area contributed by atoms with Gasteiger partial charge in [-0.15, -0.1) is 0 Å². The number of rotatable bonds is 10. The van der Waals surface area contributed by atoms with Gasteiger partial charge in [0.2, 0.25) is 0 Å². The third kappa shape index (κ3) is 7.33. The van der Waals surface area contributed by atoms with Crippen LogP contribution in [0.15, 0.2) is 24.3 Å². The summed E-state index contributed by atoms with van der Waals surface area (Å²) in [7, 11) is 5.73. The molecule has 0 aliphatic heterocycles. The summed E-state index contributed by atoms with van der Waals surface area (Å²) in [5, 5.41) is 13.0. The molecule has 0 aliphatic rings. The first kappa shape index (κ1) is 16.8. The van der Waals surface area contributed by atoms with Crippen LogP contribution in [0.5, 0.6) is 11.5 Å². The number of hydrogen-bond acceptors (Lipinski definition) is 5. The van der Waals surface area contributed by atoms with E-state index in [-0.39, 0.29) is 6.61 Å². The van der Waals surface area contributed by atoms with Crippen molar-refractivity contribution in [2.75, 3.05) is 47.4 Å². The number of benzene rings is 1. The van der Waals surface area contributed by atoms with Crippen molar-refractivity contribution in [2.24, 2.45) is 0 Å². The zero-order valence-electron chi connectivity index (χ0n) is 12.6. The average molecular weight is 282 g/mol. The van der Waals surface area contributed by atoms with Gasteiger partial charge >= 0.3 is 0 Å². The molecule has 0 saturated carbocycles. The molecule has 0 fully saturated rings. The van der Waals surface area contributed by atoms with Crippen LogP contribution in [0.25, 0.3) is 0 Å². The molecule has 0 radical (unpaired) electrons. The van der Waals surface area contributed by atoms with Crippen molar-refractivity contribution in [1.82, 2.24) is 10.2 Å². The molecule has 114 valence electrons. The van der Waals surface area contributed by atoms with Crippen molar-refractivity contribution in [1.29, 1.82) is 0 Å². The molecule has 20 heavy (non-hydrogen) atoms. The zero-order valence-corrected chi connectivity index (χ0v) is 12.6. The van der Waals surface area contributed by atoms with E-state index >= 15 is 0 Å². The normalized spacial score (nSPS) is 12.4. The summed E-state index contributed by atoms with van der Waals surface area (Å²) in [6.07, 6.45) is 0.565. The highest BCUT2D eigenvalue weighted by Crippen LogP contribution is 2.16. The molecule has 0 aliphatic carbocycles. The molecular weight excluding hydrogens is 256 g/mol. The Bertz CT molecular complexity index is 355. The lowest BCUT2D eigenvalue weighted by atomic mass is 10.3. The van der Waals surface area contributed by atoms with E-state index in [1.165, 1.54) is 0 Å². The van der Waals surface area contributed by atoms with E-state index in [9.17, 15) is 5.11 Å². The molecule has 1 unspecified atom stereocenters. The maximum atomic E-state index is 9.80. The van der Waals surface area contributed by atoms with Crippen LogP contribution in [0.4, 0.5) is 0 Å². The summed E-state index contributed by atoms with van der Waals surface area (Å²) >= 11 is 0. The Morgan fingerprint density at radius 3 is 2.45 bits per heavy atom. The van der Waals surface area contributed by atoms with Crippen molar-refractivity contribution < 1.29 is 14.6 Å². The first-order valence-electron chi connectivity index (χ1n) is 6.92. The topological polar surface area (TPSA) is 54.0 Å². The highest BCUT2D eigenvalue weighted by Gasteiger charge is 2.05. The second kappa shape index (κ2) is 9.58. The van der Waals surface area contributed by atoms with Crippen LogP contribution in [-0.2, 0) is 0 Å². The Morgan fingerprint density at radius 1 is 1.20 bits per heavy atom. The largest absolute Gasteiger partial charge is 0.497 e. The van der Waals surface area contributed by atoms with E-state index in [0.717, 1.165) is 31.0 Å². The van der Waals surface area contributed by atoms with Crippen LogP contribution in [-0.4, -0.2) is 63.6 Å². The van der Waals surface area contributed by atoms with E-state index in [4.69, 9.17) is 9.47 Å². The molecule has 0 heterocycles. The lowest BCUT2D eigenvalue weighted by molar-refractivity contribution is 0.106. The second-order valence-electron chi connectivity index (χ2n) is 5.00. The van der Waals surface area contributed by atoms with Gasteiger partial charge in [0.05, 0.1) is 7.11 Å². The number of aliphatic hydroxyl groups excluding tert-OH is 1. The fourth-order valence-corrected chi connectivity index (χ4v) is 1.71. The third-order valence-electron chi connectivity index (χ3n) is 2.84. The minimum Gasteiger partial charge on any atom is -0.497 e. The molecule has 0 bridgehead atoms. The Labute approximate surface area is 121 Å². The second-order valence-corrected chi connectivity index (χ2v) is 5.00. The Hall–Kier alpha value is -1.30. The lowest BCUT2D eigenvalue weighted by Crippen LogP contribution is -2.32. The fraction of sp³-hybridized carbons (Fsp3) is 0.600. The molecule has 0 saturated heterocycles. The fourth-order valence-electron chi connectivity index (χ4n) is 1.71. The molecule has 5 heteroatoms. The van der Waals surface area contributed by atoms with Gasteiger partial charge in [0.15, 0.2) is 0 Å². The molecular formula is C15H26N2O3. The average Bonchev–Trinajstić information content (AvgIpc) is 2.45. The molecule has 2 N–H and O–H groups in total. The molecule has 0 aromatic heterocycles. The van der Waals surface area contributed by atoms with E-state index in [2.05, 4.69) is 24.3 Å². The van der Waals surface area contributed by atoms with Gasteiger partial charge in [0.1, 0.15) is 24.2 Å². The molecule has 1 aromatic rings. The number of aliphatic hydroxyl groups is 1. The molecule has 5 nitrogen and oxygen atoms in total. The smallest absolute Gasteiger partial charge is 0.119 e. The number of ether oxygens (including phenoxy) is 2. The van der Waals surface area contributed by atoms with E-state index in [0.29, 0.717) is 6.54 Å². The van der Waals surface area contributed by atoms with Gasteiger partial charge < -0.3 is 24.8 Å². The quantitative estimate of drug-likeness (QED) is 0.627. The van der Waals surface area contributed by atoms with Gasteiger partial charge in [-0.2, -0.15) is 0 Å². The Kier molecular flexibility index (Phi) is 8.02. The summed E-state index contributed by atoms with van der Waals surface area (Å²) in [6.45, 7) is 2.78. The number of nitrogens with one attached hydrogen (secondary N) is 1. The van der Waals surface area contributed by atoms with Crippen LogP contribution in [0, 0.1) is 0 Å². The maximum Gasteiger partial charge on any atom is 0.119 e. The van der Waals surface area contributed by atoms with Crippen molar-refractivity contribution in [2.45, 2.75) is 12.5 Å². The van der Waals surface area contributed by atoms with Crippen LogP contribution in [0.1, 0.15) is 6.42 Å². The predicted octanol–water partition coefficient (Wildman–Crippen LogP) is 0.976. The van der Waals surface area contributed by atoms with Gasteiger partial charge in [0.25, 0.3) is 0 Å². The first-order valence-corrected chi connectivity index (χ1v) is 6.92. The van der Waals surface area contributed by atoms with Crippen LogP contribution in [0.3, 0.4) is 0 Å².